The van der Waals surface area contributed by atoms with Gasteiger partial charge in [0.2, 0.25) is 0 Å². The molecule has 0 aliphatic carbocycles. The predicted molar refractivity (Wildman–Crippen MR) is 44.1 cm³/mol. The van der Waals surface area contributed by atoms with E-state index in [0.29, 0.717) is 18.2 Å². The maximum absolute atomic E-state index is 10.4. The molecule has 0 saturated heterocycles. The summed E-state index contributed by atoms with van der Waals surface area (Å²) in [6.45, 7) is 0. The number of nitro benzene ring substituents is 2. The van der Waals surface area contributed by atoms with Gasteiger partial charge in [0.15, 0.2) is 0 Å². The molecule has 0 saturated carbocycles. The van der Waals surface area contributed by atoms with E-state index in [1.807, 2.05) is 0 Å². The van der Waals surface area contributed by atoms with Crippen LogP contribution in [0.1, 0.15) is 10.4 Å². The number of nitro groups is 2. The molecule has 0 amide bonds. The minimum atomic E-state index is -1.71. The molecule has 16 heavy (non-hydrogen) atoms. The first-order valence-corrected chi connectivity index (χ1v) is 3.57. The molecule has 0 heterocycles. The Bertz CT molecular complexity index is 381. The van der Waals surface area contributed by atoms with Gasteiger partial charge in [0.05, 0.1) is 21.9 Å². The number of carbonyl (C=O) groups excluding carboxylic acids is 1. The van der Waals surface area contributed by atoms with Gasteiger partial charge < -0.3 is 9.90 Å². The zero-order valence-corrected chi connectivity index (χ0v) is 8.86. The minimum absolute atomic E-state index is 0. The van der Waals surface area contributed by atoms with Crippen LogP contribution in [0.15, 0.2) is 18.2 Å². The van der Waals surface area contributed by atoms with E-state index < -0.39 is 32.8 Å². The normalized spacial score (nSPS) is 9.00. The molecule has 0 N–H and O–H groups in total. The molecule has 1 aromatic rings. The number of nitrogens with zero attached hydrogens (tertiary/aromatic N) is 2. The maximum Gasteiger partial charge on any atom is 1.00 e. The second-order valence-electron chi connectivity index (χ2n) is 2.54. The molecule has 0 bridgehead atoms. The Morgan fingerprint density at radius 1 is 1.00 bits per heavy atom. The SMILES string of the molecule is O=C([O-])c1cc([N+](=O)[O-])cc([N+](=O)[O-])c1.[Ag+]. The number of hydrogen-bond acceptors (Lipinski definition) is 6. The van der Waals surface area contributed by atoms with Crippen molar-refractivity contribution in [3.8, 4) is 0 Å². The van der Waals surface area contributed by atoms with Crippen LogP contribution in [0, 0.1) is 20.2 Å². The number of non-ortho nitro benzene ring substituents is 2. The van der Waals surface area contributed by atoms with Crippen molar-refractivity contribution in [1.29, 1.82) is 0 Å². The summed E-state index contributed by atoms with van der Waals surface area (Å²) in [5, 5.41) is 31.0. The van der Waals surface area contributed by atoms with Crippen LogP contribution in [0.2, 0.25) is 0 Å². The summed E-state index contributed by atoms with van der Waals surface area (Å²) in [6.07, 6.45) is 0. The zero-order chi connectivity index (χ0) is 11.6. The van der Waals surface area contributed by atoms with Crippen molar-refractivity contribution in [2.45, 2.75) is 0 Å². The van der Waals surface area contributed by atoms with Crippen LogP contribution in [-0.4, -0.2) is 15.8 Å². The molecule has 0 unspecified atom stereocenters. The van der Waals surface area contributed by atoms with E-state index in [0.717, 1.165) is 0 Å². The molecule has 0 aliphatic rings. The van der Waals surface area contributed by atoms with Gasteiger partial charge in [0.25, 0.3) is 11.4 Å². The van der Waals surface area contributed by atoms with Gasteiger partial charge in [-0.2, -0.15) is 0 Å². The van der Waals surface area contributed by atoms with Crippen molar-refractivity contribution in [3.63, 3.8) is 0 Å². The number of hydrogen-bond donors (Lipinski definition) is 0. The van der Waals surface area contributed by atoms with Gasteiger partial charge in [-0.15, -0.1) is 0 Å². The van der Waals surface area contributed by atoms with Gasteiger partial charge in [-0.1, -0.05) is 0 Å². The molecule has 1 aromatic carbocycles. The van der Waals surface area contributed by atoms with Crippen LogP contribution in [0.25, 0.3) is 0 Å². The fourth-order valence-electron chi connectivity index (χ4n) is 0.924. The van der Waals surface area contributed by atoms with E-state index in [9.17, 15) is 30.1 Å². The Balaban J connectivity index is 0.00000225. The van der Waals surface area contributed by atoms with Crippen molar-refractivity contribution in [2.24, 2.45) is 0 Å². The molecule has 0 radical (unpaired) electrons. The van der Waals surface area contributed by atoms with Gasteiger partial charge in [0.1, 0.15) is 0 Å². The largest absolute Gasteiger partial charge is 1.00 e. The molecular weight excluding hydrogens is 316 g/mol. The van der Waals surface area contributed by atoms with Crippen LogP contribution in [0.4, 0.5) is 11.4 Å². The molecule has 8 nitrogen and oxygen atoms in total. The number of benzene rings is 1. The quantitative estimate of drug-likeness (QED) is 0.434. The predicted octanol–water partition coefficient (Wildman–Crippen LogP) is -0.136. The third-order valence-corrected chi connectivity index (χ3v) is 1.56. The molecule has 0 spiro atoms. The Morgan fingerprint density at radius 2 is 1.38 bits per heavy atom. The molecule has 0 aliphatic heterocycles. The summed E-state index contributed by atoms with van der Waals surface area (Å²) in [6, 6.07) is 2.07. The molecule has 9 heteroatoms. The number of carboxylic acid groups (broad SMARTS) is 1. The summed E-state index contributed by atoms with van der Waals surface area (Å²) >= 11 is 0. The third-order valence-electron chi connectivity index (χ3n) is 1.56. The molecule has 1 rings (SSSR count). The number of rotatable bonds is 3. The zero-order valence-electron chi connectivity index (χ0n) is 7.38. The molecular formula is C7H3AgN2O6. The average Bonchev–Trinajstić information content (AvgIpc) is 2.16. The number of carbonyl (C=O) groups is 1. The van der Waals surface area contributed by atoms with E-state index in [1.54, 1.807) is 0 Å². The van der Waals surface area contributed by atoms with Crippen LogP contribution >= 0.6 is 0 Å². The standard InChI is InChI=1S/C7H4N2O6.Ag/c10-7(11)4-1-5(8(12)13)3-6(2-4)9(14)15;/h1-3H,(H,10,11);/q;+1/p-1. The van der Waals surface area contributed by atoms with Gasteiger partial charge >= 0.3 is 22.4 Å². The Kier molecular flexibility index (Phi) is 4.76. The number of carboxylic acids is 1. The van der Waals surface area contributed by atoms with E-state index in [4.69, 9.17) is 0 Å². The summed E-state index contributed by atoms with van der Waals surface area (Å²) in [5.74, 6) is -1.71. The van der Waals surface area contributed by atoms with Crippen molar-refractivity contribution >= 4 is 17.3 Å². The van der Waals surface area contributed by atoms with Crippen molar-refractivity contribution < 1.29 is 42.1 Å². The Labute approximate surface area is 104 Å². The first-order chi connectivity index (χ1) is 6.91. The smallest absolute Gasteiger partial charge is 0.545 e. The summed E-state index contributed by atoms with van der Waals surface area (Å²) in [7, 11) is 0. The van der Waals surface area contributed by atoms with E-state index in [1.165, 1.54) is 0 Å². The van der Waals surface area contributed by atoms with Crippen molar-refractivity contribution in [3.05, 3.63) is 44.0 Å². The van der Waals surface area contributed by atoms with E-state index >= 15 is 0 Å². The number of aromatic carboxylic acids is 1. The monoisotopic (exact) mass is 318 g/mol. The Morgan fingerprint density at radius 3 is 1.62 bits per heavy atom. The van der Waals surface area contributed by atoms with Gasteiger partial charge in [0, 0.05) is 17.7 Å². The first kappa shape index (κ1) is 14.2. The summed E-state index contributed by atoms with van der Waals surface area (Å²) in [4.78, 5) is 29.2. The second kappa shape index (κ2) is 5.35. The molecule has 0 fully saturated rings. The van der Waals surface area contributed by atoms with Crippen molar-refractivity contribution in [1.82, 2.24) is 0 Å². The Hall–Kier alpha value is -1.77. The fourth-order valence-corrected chi connectivity index (χ4v) is 0.924. The molecule has 0 atom stereocenters. The minimum Gasteiger partial charge on any atom is -0.545 e. The van der Waals surface area contributed by atoms with Crippen molar-refractivity contribution in [2.75, 3.05) is 0 Å². The summed E-state index contributed by atoms with van der Waals surface area (Å²) in [5.41, 5.74) is -1.93. The third kappa shape index (κ3) is 3.12. The van der Waals surface area contributed by atoms with Crippen LogP contribution in [0.5, 0.6) is 0 Å². The van der Waals surface area contributed by atoms with E-state index in [-0.39, 0.29) is 22.4 Å². The topological polar surface area (TPSA) is 126 Å². The average molecular weight is 319 g/mol. The van der Waals surface area contributed by atoms with E-state index in [2.05, 4.69) is 0 Å². The fraction of sp³-hybridized carbons (Fsp3) is 0. The molecule has 88 valence electrons. The van der Waals surface area contributed by atoms with Crippen LogP contribution < -0.4 is 5.11 Å². The first-order valence-electron chi connectivity index (χ1n) is 3.57. The van der Waals surface area contributed by atoms with Gasteiger partial charge in [-0.25, -0.2) is 0 Å². The van der Waals surface area contributed by atoms with Gasteiger partial charge in [-0.05, 0) is 0 Å². The van der Waals surface area contributed by atoms with Gasteiger partial charge in [-0.3, -0.25) is 20.2 Å². The second-order valence-corrected chi connectivity index (χ2v) is 2.54. The maximum atomic E-state index is 10.4. The molecule has 0 aromatic heterocycles. The van der Waals surface area contributed by atoms with Crippen LogP contribution in [-0.2, 0) is 22.4 Å². The van der Waals surface area contributed by atoms with Crippen LogP contribution in [0.3, 0.4) is 0 Å². The summed E-state index contributed by atoms with van der Waals surface area (Å²) < 4.78 is 0.